The fraction of sp³-hybridized carbons (Fsp3) is 0.556. The van der Waals surface area contributed by atoms with Crippen molar-refractivity contribution >= 4 is 5.82 Å². The zero-order valence-corrected chi connectivity index (χ0v) is 7.43. The second-order valence-electron chi connectivity index (χ2n) is 3.35. The van der Waals surface area contributed by atoms with Gasteiger partial charge in [-0.1, -0.05) is 0 Å². The highest BCUT2D eigenvalue weighted by Crippen LogP contribution is 2.20. The van der Waals surface area contributed by atoms with Gasteiger partial charge in [0.25, 0.3) is 0 Å². The van der Waals surface area contributed by atoms with E-state index in [1.54, 1.807) is 18.6 Å². The summed E-state index contributed by atoms with van der Waals surface area (Å²) in [6, 6.07) is 0. The van der Waals surface area contributed by atoms with Crippen molar-refractivity contribution in [2.75, 3.05) is 24.6 Å². The number of anilines is 1. The molecule has 13 heavy (non-hydrogen) atoms. The lowest BCUT2D eigenvalue weighted by atomic mass is 10.1. The molecule has 1 atom stereocenters. The van der Waals surface area contributed by atoms with Crippen molar-refractivity contribution in [2.24, 2.45) is 5.92 Å². The van der Waals surface area contributed by atoms with Gasteiger partial charge in [0, 0.05) is 38.0 Å². The van der Waals surface area contributed by atoms with E-state index < -0.39 is 0 Å². The van der Waals surface area contributed by atoms with Gasteiger partial charge in [-0.2, -0.15) is 0 Å². The van der Waals surface area contributed by atoms with Gasteiger partial charge in [0.1, 0.15) is 5.82 Å². The summed E-state index contributed by atoms with van der Waals surface area (Å²) in [5, 5.41) is 8.97. The third-order valence-corrected chi connectivity index (χ3v) is 2.42. The standard InChI is InChI=1S/C9H13N3O/c13-7-8-1-4-12(6-8)9-5-10-2-3-11-9/h2-3,5,8,13H,1,4,6-7H2. The van der Waals surface area contributed by atoms with E-state index in [4.69, 9.17) is 5.11 Å². The van der Waals surface area contributed by atoms with E-state index in [1.165, 1.54) is 0 Å². The molecule has 0 bridgehead atoms. The van der Waals surface area contributed by atoms with Crippen LogP contribution in [0, 0.1) is 5.92 Å². The molecule has 1 aromatic rings. The van der Waals surface area contributed by atoms with Gasteiger partial charge in [-0.15, -0.1) is 0 Å². The van der Waals surface area contributed by atoms with Gasteiger partial charge in [0.05, 0.1) is 6.20 Å². The van der Waals surface area contributed by atoms with E-state index in [2.05, 4.69) is 14.9 Å². The van der Waals surface area contributed by atoms with Crippen LogP contribution in [-0.2, 0) is 0 Å². The van der Waals surface area contributed by atoms with E-state index in [9.17, 15) is 0 Å². The maximum Gasteiger partial charge on any atom is 0.147 e. The van der Waals surface area contributed by atoms with Crippen LogP contribution in [0.4, 0.5) is 5.82 Å². The average molecular weight is 179 g/mol. The minimum atomic E-state index is 0.275. The molecule has 2 heterocycles. The summed E-state index contributed by atoms with van der Waals surface area (Å²) in [4.78, 5) is 10.4. The molecule has 0 radical (unpaired) electrons. The fourth-order valence-electron chi connectivity index (χ4n) is 1.64. The van der Waals surface area contributed by atoms with Gasteiger partial charge >= 0.3 is 0 Å². The van der Waals surface area contributed by atoms with E-state index in [-0.39, 0.29) is 6.61 Å². The number of aromatic nitrogens is 2. The third kappa shape index (κ3) is 1.78. The monoisotopic (exact) mass is 179 g/mol. The van der Waals surface area contributed by atoms with Gasteiger partial charge in [0.15, 0.2) is 0 Å². The Hall–Kier alpha value is -1.16. The lowest BCUT2D eigenvalue weighted by molar-refractivity contribution is 0.238. The molecule has 1 aliphatic rings. The van der Waals surface area contributed by atoms with Gasteiger partial charge in [-0.3, -0.25) is 4.98 Å². The quantitative estimate of drug-likeness (QED) is 0.709. The molecule has 4 heteroatoms. The normalized spacial score (nSPS) is 22.2. The zero-order chi connectivity index (χ0) is 9.10. The Morgan fingerprint density at radius 3 is 3.08 bits per heavy atom. The predicted molar refractivity (Wildman–Crippen MR) is 49.4 cm³/mol. The number of aliphatic hydroxyl groups excluding tert-OH is 1. The molecule has 70 valence electrons. The molecule has 1 unspecified atom stereocenters. The van der Waals surface area contributed by atoms with Crippen LogP contribution in [0.2, 0.25) is 0 Å². The summed E-state index contributed by atoms with van der Waals surface area (Å²) in [5.74, 6) is 1.32. The third-order valence-electron chi connectivity index (χ3n) is 2.42. The van der Waals surface area contributed by atoms with Crippen molar-refractivity contribution in [1.82, 2.24) is 9.97 Å². The SMILES string of the molecule is OCC1CCN(c2cnccn2)C1. The highest BCUT2D eigenvalue weighted by atomic mass is 16.3. The van der Waals surface area contributed by atoms with Gasteiger partial charge in [-0.05, 0) is 6.42 Å². The Balaban J connectivity index is 2.04. The lowest BCUT2D eigenvalue weighted by Gasteiger charge is -2.15. The van der Waals surface area contributed by atoms with Crippen LogP contribution in [0.25, 0.3) is 0 Å². The Kier molecular flexibility index (Phi) is 2.40. The van der Waals surface area contributed by atoms with Crippen molar-refractivity contribution in [2.45, 2.75) is 6.42 Å². The molecule has 0 amide bonds. The molecule has 1 aromatic heterocycles. The maximum atomic E-state index is 8.97. The molecule has 2 rings (SSSR count). The number of aliphatic hydroxyl groups is 1. The molecule has 4 nitrogen and oxygen atoms in total. The first-order valence-corrected chi connectivity index (χ1v) is 4.52. The Labute approximate surface area is 77.2 Å². The summed E-state index contributed by atoms with van der Waals surface area (Å²) >= 11 is 0. The molecular formula is C9H13N3O. The molecule has 0 saturated carbocycles. The van der Waals surface area contributed by atoms with Gasteiger partial charge < -0.3 is 10.0 Å². The van der Waals surface area contributed by atoms with Crippen molar-refractivity contribution in [1.29, 1.82) is 0 Å². The number of nitrogens with zero attached hydrogens (tertiary/aromatic N) is 3. The van der Waals surface area contributed by atoms with Crippen molar-refractivity contribution in [3.8, 4) is 0 Å². The molecule has 1 aliphatic heterocycles. The maximum absolute atomic E-state index is 8.97. The zero-order valence-electron chi connectivity index (χ0n) is 7.43. The number of rotatable bonds is 2. The van der Waals surface area contributed by atoms with Crippen LogP contribution in [0.5, 0.6) is 0 Å². The van der Waals surface area contributed by atoms with Crippen molar-refractivity contribution in [3.63, 3.8) is 0 Å². The Morgan fingerprint density at radius 2 is 2.46 bits per heavy atom. The summed E-state index contributed by atoms with van der Waals surface area (Å²) in [6.07, 6.45) is 6.18. The van der Waals surface area contributed by atoms with Crippen LogP contribution in [0.1, 0.15) is 6.42 Å². The molecule has 1 saturated heterocycles. The lowest BCUT2D eigenvalue weighted by Crippen LogP contribution is -2.21. The smallest absolute Gasteiger partial charge is 0.147 e. The van der Waals surface area contributed by atoms with Crippen LogP contribution < -0.4 is 4.90 Å². The van der Waals surface area contributed by atoms with Gasteiger partial charge in [0.2, 0.25) is 0 Å². The minimum Gasteiger partial charge on any atom is -0.396 e. The summed E-state index contributed by atoms with van der Waals surface area (Å²) in [6.45, 7) is 2.15. The molecular weight excluding hydrogens is 166 g/mol. The molecule has 0 aliphatic carbocycles. The van der Waals surface area contributed by atoms with Crippen LogP contribution in [0.3, 0.4) is 0 Å². The Bertz CT molecular complexity index is 265. The predicted octanol–water partition coefficient (Wildman–Crippen LogP) is 0.295. The van der Waals surface area contributed by atoms with E-state index in [0.717, 1.165) is 25.3 Å². The summed E-state index contributed by atoms with van der Waals surface area (Å²) in [7, 11) is 0. The average Bonchev–Trinajstić information content (AvgIpc) is 2.67. The largest absolute Gasteiger partial charge is 0.396 e. The Morgan fingerprint density at radius 1 is 1.54 bits per heavy atom. The molecule has 0 aromatic carbocycles. The molecule has 1 N–H and O–H groups in total. The highest BCUT2D eigenvalue weighted by Gasteiger charge is 2.22. The van der Waals surface area contributed by atoms with Crippen LogP contribution in [-0.4, -0.2) is 34.8 Å². The van der Waals surface area contributed by atoms with Gasteiger partial charge in [-0.25, -0.2) is 4.98 Å². The first-order chi connectivity index (χ1) is 6.40. The van der Waals surface area contributed by atoms with Crippen LogP contribution >= 0.6 is 0 Å². The number of hydrogen-bond donors (Lipinski definition) is 1. The highest BCUT2D eigenvalue weighted by molar-refractivity contribution is 5.36. The van der Waals surface area contributed by atoms with E-state index in [1.807, 2.05) is 0 Å². The van der Waals surface area contributed by atoms with E-state index in [0.29, 0.717) is 5.92 Å². The van der Waals surface area contributed by atoms with E-state index >= 15 is 0 Å². The van der Waals surface area contributed by atoms with Crippen LogP contribution in [0.15, 0.2) is 18.6 Å². The number of hydrogen-bond acceptors (Lipinski definition) is 4. The molecule has 0 spiro atoms. The summed E-state index contributed by atoms with van der Waals surface area (Å²) < 4.78 is 0. The fourth-order valence-corrected chi connectivity index (χ4v) is 1.64. The van der Waals surface area contributed by atoms with Crippen molar-refractivity contribution in [3.05, 3.63) is 18.6 Å². The first kappa shape index (κ1) is 8.44. The minimum absolute atomic E-state index is 0.275. The molecule has 1 fully saturated rings. The van der Waals surface area contributed by atoms with Crippen molar-refractivity contribution < 1.29 is 5.11 Å². The summed E-state index contributed by atoms with van der Waals surface area (Å²) in [5.41, 5.74) is 0. The second-order valence-corrected chi connectivity index (χ2v) is 3.35. The second kappa shape index (κ2) is 3.70. The topological polar surface area (TPSA) is 49.2 Å². The first-order valence-electron chi connectivity index (χ1n) is 4.52.